The number of benzene rings is 2. The zero-order valence-electron chi connectivity index (χ0n) is 14.9. The topological polar surface area (TPSA) is 115 Å². The van der Waals surface area contributed by atoms with Gasteiger partial charge in [0.25, 0.3) is 5.91 Å². The van der Waals surface area contributed by atoms with Crippen LogP contribution >= 0.6 is 0 Å². The van der Waals surface area contributed by atoms with Crippen molar-refractivity contribution < 1.29 is 28.2 Å². The molecule has 148 valence electrons. The Balaban J connectivity index is 1.90. The molecule has 1 unspecified atom stereocenters. The van der Waals surface area contributed by atoms with Crippen LogP contribution in [-0.2, 0) is 14.8 Å². The normalized spacial score (nSPS) is 18.4. The molecule has 2 aromatic rings. The number of carboxylic acids is 1. The van der Waals surface area contributed by atoms with E-state index in [2.05, 4.69) is 0 Å². The molecule has 0 spiro atoms. The Hall–Kier alpha value is -2.91. The van der Waals surface area contributed by atoms with E-state index in [1.54, 1.807) is 30.3 Å². The van der Waals surface area contributed by atoms with Gasteiger partial charge < -0.3 is 15.1 Å². The maximum atomic E-state index is 13.0. The number of amides is 1. The zero-order chi connectivity index (χ0) is 20.3. The number of carbonyl (C=O) groups is 2. The van der Waals surface area contributed by atoms with Crippen LogP contribution in [0.4, 0.5) is 0 Å². The second-order valence-electron chi connectivity index (χ2n) is 6.43. The molecule has 0 saturated carbocycles. The van der Waals surface area contributed by atoms with Crippen LogP contribution in [0.3, 0.4) is 0 Å². The van der Waals surface area contributed by atoms with Gasteiger partial charge in [-0.05, 0) is 42.8 Å². The van der Waals surface area contributed by atoms with Crippen LogP contribution in [0.2, 0.25) is 0 Å². The van der Waals surface area contributed by atoms with Crippen molar-refractivity contribution in [2.75, 3.05) is 19.6 Å². The molecule has 0 aromatic heterocycles. The second kappa shape index (κ2) is 7.99. The predicted octanol–water partition coefficient (Wildman–Crippen LogP) is 1.38. The quantitative estimate of drug-likeness (QED) is 0.796. The maximum Gasteiger partial charge on any atom is 0.323 e. The number of aliphatic carboxylic acids is 1. The highest BCUT2D eigenvalue weighted by molar-refractivity contribution is 7.89. The van der Waals surface area contributed by atoms with E-state index >= 15 is 0 Å². The lowest BCUT2D eigenvalue weighted by Gasteiger charge is -2.28. The summed E-state index contributed by atoms with van der Waals surface area (Å²) < 4.78 is 26.9. The number of carboxylic acid groups (broad SMARTS) is 1. The van der Waals surface area contributed by atoms with Crippen molar-refractivity contribution in [3.05, 3.63) is 60.2 Å². The fraction of sp³-hybridized carbons (Fsp3) is 0.263. The minimum Gasteiger partial charge on any atom is -0.508 e. The van der Waals surface area contributed by atoms with Gasteiger partial charge in [-0.25, -0.2) is 8.42 Å². The van der Waals surface area contributed by atoms with Crippen LogP contribution in [-0.4, -0.2) is 65.4 Å². The standard InChI is InChI=1S/C19H20N2O6S/c22-15-7-9-16(10-8-15)28(26,27)21-12-4-11-20(13-17(21)19(24)25)18(23)14-5-2-1-3-6-14/h1-3,5-10,17,22H,4,11-13H2,(H,24,25). The summed E-state index contributed by atoms with van der Waals surface area (Å²) in [4.78, 5) is 25.9. The molecule has 1 aliphatic heterocycles. The molecule has 0 aliphatic carbocycles. The van der Waals surface area contributed by atoms with Gasteiger partial charge in [-0.15, -0.1) is 0 Å². The van der Waals surface area contributed by atoms with Crippen molar-refractivity contribution in [3.63, 3.8) is 0 Å². The number of hydrogen-bond donors (Lipinski definition) is 2. The van der Waals surface area contributed by atoms with Gasteiger partial charge in [0.05, 0.1) is 4.90 Å². The van der Waals surface area contributed by atoms with Crippen molar-refractivity contribution in [2.24, 2.45) is 0 Å². The molecule has 3 rings (SSSR count). The smallest absolute Gasteiger partial charge is 0.323 e. The average Bonchev–Trinajstić information content (AvgIpc) is 2.92. The van der Waals surface area contributed by atoms with Crippen molar-refractivity contribution in [3.8, 4) is 5.75 Å². The van der Waals surface area contributed by atoms with Crippen LogP contribution in [0.1, 0.15) is 16.8 Å². The van der Waals surface area contributed by atoms with Crippen LogP contribution in [0.15, 0.2) is 59.5 Å². The molecular formula is C19H20N2O6S. The molecule has 1 saturated heterocycles. The number of sulfonamides is 1. The van der Waals surface area contributed by atoms with Gasteiger partial charge >= 0.3 is 5.97 Å². The first-order chi connectivity index (χ1) is 13.3. The Morgan fingerprint density at radius 2 is 1.61 bits per heavy atom. The number of phenolic OH excluding ortho intramolecular Hbond substituents is 1. The van der Waals surface area contributed by atoms with Crippen molar-refractivity contribution in [1.82, 2.24) is 9.21 Å². The highest BCUT2D eigenvalue weighted by Gasteiger charge is 2.39. The third-order valence-electron chi connectivity index (χ3n) is 4.58. The molecule has 1 heterocycles. The maximum absolute atomic E-state index is 13.0. The molecule has 2 N–H and O–H groups in total. The van der Waals surface area contributed by atoms with Gasteiger partial charge in [0.15, 0.2) is 0 Å². The zero-order valence-corrected chi connectivity index (χ0v) is 15.7. The van der Waals surface area contributed by atoms with E-state index in [1.165, 1.54) is 29.2 Å². The first-order valence-corrected chi connectivity index (χ1v) is 10.1. The first-order valence-electron chi connectivity index (χ1n) is 8.68. The molecular weight excluding hydrogens is 384 g/mol. The molecule has 8 nitrogen and oxygen atoms in total. The highest BCUT2D eigenvalue weighted by Crippen LogP contribution is 2.24. The van der Waals surface area contributed by atoms with E-state index in [9.17, 15) is 28.2 Å². The molecule has 28 heavy (non-hydrogen) atoms. The Morgan fingerprint density at radius 3 is 2.21 bits per heavy atom. The van der Waals surface area contributed by atoms with Crippen LogP contribution in [0.25, 0.3) is 0 Å². The number of aromatic hydroxyl groups is 1. The monoisotopic (exact) mass is 404 g/mol. The fourth-order valence-corrected chi connectivity index (χ4v) is 4.77. The van der Waals surface area contributed by atoms with Gasteiger partial charge in [-0.2, -0.15) is 4.31 Å². The summed E-state index contributed by atoms with van der Waals surface area (Å²) in [5.41, 5.74) is 0.418. The minimum atomic E-state index is -4.11. The number of hydrogen-bond acceptors (Lipinski definition) is 5. The average molecular weight is 404 g/mol. The lowest BCUT2D eigenvalue weighted by molar-refractivity contribution is -0.141. The van der Waals surface area contributed by atoms with Crippen LogP contribution in [0.5, 0.6) is 5.75 Å². The van der Waals surface area contributed by atoms with Gasteiger partial charge in [0.2, 0.25) is 10.0 Å². The van der Waals surface area contributed by atoms with Crippen LogP contribution in [0, 0.1) is 0 Å². The SMILES string of the molecule is O=C(O)C1CN(C(=O)c2ccccc2)CCCN1S(=O)(=O)c1ccc(O)cc1. The third kappa shape index (κ3) is 4.00. The van der Waals surface area contributed by atoms with E-state index < -0.39 is 22.0 Å². The molecule has 1 atom stereocenters. The summed E-state index contributed by atoms with van der Waals surface area (Å²) in [6.07, 6.45) is 0.305. The lowest BCUT2D eigenvalue weighted by Crippen LogP contribution is -2.49. The van der Waals surface area contributed by atoms with E-state index in [1.807, 2.05) is 0 Å². The highest BCUT2D eigenvalue weighted by atomic mass is 32.2. The molecule has 0 bridgehead atoms. The van der Waals surface area contributed by atoms with E-state index in [0.29, 0.717) is 12.0 Å². The Morgan fingerprint density at radius 1 is 0.964 bits per heavy atom. The number of nitrogens with zero attached hydrogens (tertiary/aromatic N) is 2. The van der Waals surface area contributed by atoms with E-state index in [-0.39, 0.29) is 36.2 Å². The third-order valence-corrected chi connectivity index (χ3v) is 6.51. The molecule has 2 aromatic carbocycles. The van der Waals surface area contributed by atoms with Gasteiger partial charge in [0, 0.05) is 25.2 Å². The molecule has 1 aliphatic rings. The Bertz CT molecular complexity index is 960. The van der Waals surface area contributed by atoms with E-state index in [0.717, 1.165) is 4.31 Å². The van der Waals surface area contributed by atoms with Crippen LogP contribution < -0.4 is 0 Å². The molecule has 1 amide bonds. The Labute approximate surface area is 162 Å². The van der Waals surface area contributed by atoms with E-state index in [4.69, 9.17) is 0 Å². The van der Waals surface area contributed by atoms with Crippen molar-refractivity contribution in [1.29, 1.82) is 0 Å². The fourth-order valence-electron chi connectivity index (χ4n) is 3.15. The molecule has 1 fully saturated rings. The summed E-state index contributed by atoms with van der Waals surface area (Å²) in [6.45, 7) is -0.0295. The summed E-state index contributed by atoms with van der Waals surface area (Å²) in [5.74, 6) is -1.75. The summed E-state index contributed by atoms with van der Waals surface area (Å²) >= 11 is 0. The van der Waals surface area contributed by atoms with Gasteiger partial charge in [0.1, 0.15) is 11.8 Å². The predicted molar refractivity (Wildman–Crippen MR) is 100 cm³/mol. The summed E-state index contributed by atoms with van der Waals surface area (Å²) in [7, 11) is -4.11. The van der Waals surface area contributed by atoms with Gasteiger partial charge in [-0.1, -0.05) is 18.2 Å². The summed E-state index contributed by atoms with van der Waals surface area (Å²) in [6, 6.07) is 11.9. The minimum absolute atomic E-state index is 0.0290. The Kier molecular flexibility index (Phi) is 5.66. The molecule has 9 heteroatoms. The summed E-state index contributed by atoms with van der Waals surface area (Å²) in [5, 5.41) is 19.0. The number of rotatable bonds is 4. The lowest BCUT2D eigenvalue weighted by atomic mass is 10.2. The number of phenols is 1. The van der Waals surface area contributed by atoms with Gasteiger partial charge in [-0.3, -0.25) is 9.59 Å². The second-order valence-corrected chi connectivity index (χ2v) is 8.32. The molecule has 0 radical (unpaired) electrons. The largest absolute Gasteiger partial charge is 0.508 e. The van der Waals surface area contributed by atoms with Crippen molar-refractivity contribution in [2.45, 2.75) is 17.4 Å². The van der Waals surface area contributed by atoms with Crippen molar-refractivity contribution >= 4 is 21.9 Å². The first kappa shape index (κ1) is 19.8. The number of carbonyl (C=O) groups excluding carboxylic acids is 1.